The van der Waals surface area contributed by atoms with Crippen LogP contribution in [0.15, 0.2) is 140 Å². The highest BCUT2D eigenvalue weighted by Crippen LogP contribution is 2.47. The lowest BCUT2D eigenvalue weighted by molar-refractivity contribution is 1.18. The second-order valence-corrected chi connectivity index (χ2v) is 11.8. The van der Waals surface area contributed by atoms with Crippen molar-refractivity contribution in [2.75, 3.05) is 0 Å². The predicted molar refractivity (Wildman–Crippen MR) is 182 cm³/mol. The maximum atomic E-state index is 5.55. The highest BCUT2D eigenvalue weighted by molar-refractivity contribution is 7.27. The minimum Gasteiger partial charge on any atom is -0.246 e. The van der Waals surface area contributed by atoms with E-state index in [9.17, 15) is 0 Å². The van der Waals surface area contributed by atoms with E-state index in [1.807, 2.05) is 41.8 Å². The zero-order valence-corrected chi connectivity index (χ0v) is 23.8. The Hall–Kier alpha value is -5.45. The molecule has 0 N–H and O–H groups in total. The van der Waals surface area contributed by atoms with Crippen LogP contribution in [0.2, 0.25) is 0 Å². The average molecular weight is 566 g/mol. The number of aromatic nitrogens is 3. The summed E-state index contributed by atoms with van der Waals surface area (Å²) in [4.78, 5) is 15.6. The average Bonchev–Trinajstić information content (AvgIpc) is 3.48. The first kappa shape index (κ1) is 24.2. The van der Waals surface area contributed by atoms with Crippen LogP contribution in [-0.4, -0.2) is 15.0 Å². The third kappa shape index (κ3) is 3.70. The Bertz CT molecular complexity index is 2500. The fourth-order valence-electron chi connectivity index (χ4n) is 6.38. The molecule has 4 heteroatoms. The van der Waals surface area contributed by atoms with Crippen LogP contribution in [-0.2, 0) is 0 Å². The molecule has 0 fully saturated rings. The summed E-state index contributed by atoms with van der Waals surface area (Å²) in [6.45, 7) is 0. The Labute approximate surface area is 251 Å². The number of fused-ring (bicyclic) bond motifs is 10. The number of rotatable bonds is 3. The number of thiophene rings is 1. The molecule has 0 amide bonds. The van der Waals surface area contributed by atoms with Crippen LogP contribution in [0, 0.1) is 0 Å². The van der Waals surface area contributed by atoms with E-state index in [2.05, 4.69) is 109 Å². The predicted octanol–water partition coefficient (Wildman–Crippen LogP) is 10.7. The van der Waals surface area contributed by atoms with E-state index in [4.69, 9.17) is 15.0 Å². The quantitative estimate of drug-likeness (QED) is 0.200. The van der Waals surface area contributed by atoms with Gasteiger partial charge in [-0.25, -0.2) is 15.0 Å². The monoisotopic (exact) mass is 565 g/mol. The number of hydrogen-bond acceptors (Lipinski definition) is 4. The van der Waals surface area contributed by atoms with Crippen molar-refractivity contribution in [2.45, 2.75) is 0 Å². The van der Waals surface area contributed by atoms with Gasteiger partial charge in [-0.15, -0.1) is 11.3 Å². The minimum atomic E-state index is 0.699. The molecule has 0 aliphatic heterocycles. The molecule has 43 heavy (non-hydrogen) atoms. The summed E-state index contributed by atoms with van der Waals surface area (Å²) in [5, 5.41) is 8.43. The van der Waals surface area contributed by atoms with Crippen molar-refractivity contribution in [1.29, 1.82) is 0 Å². The summed E-state index contributed by atoms with van der Waals surface area (Å²) < 4.78 is 2.60. The van der Waals surface area contributed by atoms with E-state index in [0.29, 0.717) is 5.82 Å². The fourth-order valence-corrected chi connectivity index (χ4v) is 7.63. The molecular formula is C39H23N3S. The van der Waals surface area contributed by atoms with E-state index in [-0.39, 0.29) is 0 Å². The molecule has 3 heterocycles. The van der Waals surface area contributed by atoms with E-state index < -0.39 is 0 Å². The molecule has 0 saturated heterocycles. The minimum absolute atomic E-state index is 0.699. The highest BCUT2D eigenvalue weighted by Gasteiger charge is 2.22. The molecule has 6 aromatic carbocycles. The maximum Gasteiger partial charge on any atom is 0.159 e. The Kier molecular flexibility index (Phi) is 5.37. The molecule has 3 nitrogen and oxygen atoms in total. The zero-order valence-electron chi connectivity index (χ0n) is 23.0. The summed E-state index contributed by atoms with van der Waals surface area (Å²) in [7, 11) is 0. The van der Waals surface area contributed by atoms with Gasteiger partial charge >= 0.3 is 0 Å². The first-order valence-electron chi connectivity index (χ1n) is 14.4. The SMILES string of the molecule is c1ccc(-c2ncc(-c3nc4c5ccccc5c5sc6ccccc6c5c4c4ccccc34)c(-c3ccccc3)n2)cc1. The van der Waals surface area contributed by atoms with Crippen molar-refractivity contribution in [3.05, 3.63) is 140 Å². The molecule has 9 rings (SSSR count). The van der Waals surface area contributed by atoms with Crippen LogP contribution in [0.5, 0.6) is 0 Å². The van der Waals surface area contributed by atoms with Crippen LogP contribution in [0.1, 0.15) is 0 Å². The third-order valence-corrected chi connectivity index (χ3v) is 9.51. The molecule has 0 aliphatic carbocycles. The van der Waals surface area contributed by atoms with Crippen molar-refractivity contribution >= 4 is 64.0 Å². The Morgan fingerprint density at radius 3 is 1.81 bits per heavy atom. The summed E-state index contributed by atoms with van der Waals surface area (Å²) in [5.74, 6) is 0.699. The molecule has 0 radical (unpaired) electrons. The summed E-state index contributed by atoms with van der Waals surface area (Å²) >= 11 is 1.87. The van der Waals surface area contributed by atoms with Crippen LogP contribution in [0.3, 0.4) is 0 Å². The first-order chi connectivity index (χ1) is 21.3. The molecule has 0 unspecified atom stereocenters. The first-order valence-corrected chi connectivity index (χ1v) is 15.2. The van der Waals surface area contributed by atoms with Crippen LogP contribution in [0.25, 0.3) is 86.5 Å². The largest absolute Gasteiger partial charge is 0.246 e. The molecule has 200 valence electrons. The number of pyridine rings is 1. The van der Waals surface area contributed by atoms with E-state index in [0.717, 1.165) is 44.4 Å². The van der Waals surface area contributed by atoms with Crippen molar-refractivity contribution < 1.29 is 0 Å². The second-order valence-electron chi connectivity index (χ2n) is 10.8. The molecule has 3 aromatic heterocycles. The van der Waals surface area contributed by atoms with Gasteiger partial charge in [0.2, 0.25) is 0 Å². The Morgan fingerprint density at radius 1 is 0.442 bits per heavy atom. The van der Waals surface area contributed by atoms with Gasteiger partial charge < -0.3 is 0 Å². The van der Waals surface area contributed by atoms with Crippen LogP contribution in [0.4, 0.5) is 0 Å². The fraction of sp³-hybridized carbons (Fsp3) is 0. The molecule has 0 saturated carbocycles. The van der Waals surface area contributed by atoms with E-state index in [1.165, 1.54) is 36.3 Å². The molecule has 0 aliphatic rings. The lowest BCUT2D eigenvalue weighted by Crippen LogP contribution is -1.99. The third-order valence-electron chi connectivity index (χ3n) is 8.31. The van der Waals surface area contributed by atoms with Gasteiger partial charge in [0.25, 0.3) is 0 Å². The van der Waals surface area contributed by atoms with Crippen molar-refractivity contribution in [2.24, 2.45) is 0 Å². The van der Waals surface area contributed by atoms with Crippen molar-refractivity contribution in [3.63, 3.8) is 0 Å². The molecule has 0 bridgehead atoms. The van der Waals surface area contributed by atoms with Gasteiger partial charge in [-0.2, -0.15) is 0 Å². The van der Waals surface area contributed by atoms with Gasteiger partial charge in [-0.1, -0.05) is 127 Å². The topological polar surface area (TPSA) is 38.7 Å². The van der Waals surface area contributed by atoms with Gasteiger partial charge in [0.1, 0.15) is 0 Å². The normalized spacial score (nSPS) is 11.7. The molecule has 0 spiro atoms. The standard InChI is InChI=1S/C39H23N3S/c1-3-13-24(14-4-1)35-31(23-40-39(42-35)25-15-5-2-6-16-25)36-27-18-8-7-17-26(27)33-34-30-21-11-12-22-32(30)43-38(34)29-20-10-9-19-28(29)37(33)41-36/h1-23H. The lowest BCUT2D eigenvalue weighted by Gasteiger charge is -2.16. The van der Waals surface area contributed by atoms with Gasteiger partial charge in [0.05, 0.1) is 16.9 Å². The summed E-state index contributed by atoms with van der Waals surface area (Å²) in [6.07, 6.45) is 1.96. The van der Waals surface area contributed by atoms with Gasteiger partial charge in [-0.3, -0.25) is 0 Å². The van der Waals surface area contributed by atoms with Crippen LogP contribution < -0.4 is 0 Å². The molecule has 9 aromatic rings. The molecule has 0 atom stereocenters. The summed E-state index contributed by atoms with van der Waals surface area (Å²) in [6, 6.07) is 46.6. The van der Waals surface area contributed by atoms with E-state index in [1.54, 1.807) is 0 Å². The smallest absolute Gasteiger partial charge is 0.159 e. The van der Waals surface area contributed by atoms with Gasteiger partial charge in [0.15, 0.2) is 5.82 Å². The highest BCUT2D eigenvalue weighted by atomic mass is 32.1. The maximum absolute atomic E-state index is 5.55. The molecular weight excluding hydrogens is 543 g/mol. The zero-order chi connectivity index (χ0) is 28.3. The number of benzene rings is 6. The number of nitrogens with zero attached hydrogens (tertiary/aromatic N) is 3. The lowest BCUT2D eigenvalue weighted by atomic mass is 9.93. The Balaban J connectivity index is 1.45. The summed E-state index contributed by atoms with van der Waals surface area (Å²) in [5.41, 5.74) is 5.71. The van der Waals surface area contributed by atoms with Gasteiger partial charge in [-0.05, 0) is 11.5 Å². The van der Waals surface area contributed by atoms with E-state index >= 15 is 0 Å². The van der Waals surface area contributed by atoms with Crippen LogP contribution >= 0.6 is 11.3 Å². The number of hydrogen-bond donors (Lipinski definition) is 0. The second kappa shape index (κ2) is 9.55. The Morgan fingerprint density at radius 2 is 1.05 bits per heavy atom. The van der Waals surface area contributed by atoms with Crippen molar-refractivity contribution in [3.8, 4) is 33.9 Å². The van der Waals surface area contributed by atoms with Crippen molar-refractivity contribution in [1.82, 2.24) is 15.0 Å². The van der Waals surface area contributed by atoms with Gasteiger partial charge in [0, 0.05) is 64.6 Å².